The number of phenols is 1. The van der Waals surface area contributed by atoms with E-state index in [-0.39, 0.29) is 17.4 Å². The number of hydrogen-bond acceptors (Lipinski definition) is 8. The van der Waals surface area contributed by atoms with Crippen molar-refractivity contribution in [1.82, 2.24) is 14.4 Å². The molecule has 5 aromatic rings. The van der Waals surface area contributed by atoms with Crippen molar-refractivity contribution in [2.75, 3.05) is 70.2 Å². The molecule has 51 heavy (non-hydrogen) atoms. The van der Waals surface area contributed by atoms with Crippen molar-refractivity contribution in [1.29, 1.82) is 0 Å². The highest BCUT2D eigenvalue weighted by molar-refractivity contribution is 7.86. The lowest BCUT2D eigenvalue weighted by molar-refractivity contribution is 0.0363. The first-order valence-electron chi connectivity index (χ1n) is 17.1. The molecular weight excluding hydrogens is 688 g/mol. The fraction of sp³-hybridized carbons (Fsp3) is 0.308. The Hall–Kier alpha value is -4.55. The Morgan fingerprint density at radius 2 is 1.45 bits per heavy atom. The van der Waals surface area contributed by atoms with Gasteiger partial charge in [0.15, 0.2) is 0 Å². The Kier molecular flexibility index (Phi) is 10.2. The number of hydrogen-bond donors (Lipinski definition) is 1. The Bertz CT molecular complexity index is 2110. The molecule has 1 atom stereocenters. The molecule has 2 aliphatic heterocycles. The lowest BCUT2D eigenvalue weighted by atomic mass is 9.83. The molecule has 0 aliphatic carbocycles. The summed E-state index contributed by atoms with van der Waals surface area (Å²) in [5.41, 5.74) is 5.11. The van der Waals surface area contributed by atoms with Crippen LogP contribution in [0.25, 0.3) is 10.9 Å². The third kappa shape index (κ3) is 7.72. The van der Waals surface area contributed by atoms with Gasteiger partial charge in [-0.1, -0.05) is 66.2 Å². The second-order valence-corrected chi connectivity index (χ2v) is 15.0. The highest BCUT2D eigenvalue weighted by Gasteiger charge is 2.34. The molecule has 2 aliphatic rings. The lowest BCUT2D eigenvalue weighted by Crippen LogP contribution is -2.49. The first kappa shape index (κ1) is 34.9. The van der Waals surface area contributed by atoms with Crippen molar-refractivity contribution < 1.29 is 27.2 Å². The smallest absolute Gasteiger partial charge is 0.306 e. The molecule has 266 valence electrons. The maximum atomic E-state index is 15.1. The van der Waals surface area contributed by atoms with E-state index < -0.39 is 16.0 Å². The Balaban J connectivity index is 1.35. The molecule has 12 heteroatoms. The summed E-state index contributed by atoms with van der Waals surface area (Å²) in [5, 5.41) is 11.9. The molecule has 2 fully saturated rings. The van der Waals surface area contributed by atoms with E-state index in [0.717, 1.165) is 59.2 Å². The van der Waals surface area contributed by atoms with Crippen LogP contribution in [0.2, 0.25) is 5.02 Å². The van der Waals surface area contributed by atoms with Gasteiger partial charge >= 0.3 is 10.1 Å². The zero-order valence-electron chi connectivity index (χ0n) is 28.4. The van der Waals surface area contributed by atoms with Crippen LogP contribution in [0.4, 0.5) is 5.69 Å². The molecule has 3 heterocycles. The number of phenolic OH excluding ortho intramolecular Hbond substituents is 1. The van der Waals surface area contributed by atoms with E-state index in [1.807, 2.05) is 65.6 Å². The van der Waals surface area contributed by atoms with Gasteiger partial charge in [0.25, 0.3) is 5.91 Å². The summed E-state index contributed by atoms with van der Waals surface area (Å²) in [7, 11) is -3.72. The summed E-state index contributed by atoms with van der Waals surface area (Å²) in [4.78, 5) is 21.6. The van der Waals surface area contributed by atoms with Gasteiger partial charge in [0.05, 0.1) is 30.2 Å². The highest BCUT2D eigenvalue weighted by Crippen LogP contribution is 2.42. The van der Waals surface area contributed by atoms with Crippen molar-refractivity contribution in [3.8, 4) is 11.5 Å². The molecule has 0 bridgehead atoms. The molecule has 1 amide bonds. The number of nitrogens with zero attached hydrogens (tertiary/aromatic N) is 4. The average molecular weight is 729 g/mol. The predicted octanol–water partition coefficient (Wildman–Crippen LogP) is 5.81. The largest absolute Gasteiger partial charge is 0.508 e. The van der Waals surface area contributed by atoms with Gasteiger partial charge in [0.1, 0.15) is 17.2 Å². The van der Waals surface area contributed by atoms with Crippen molar-refractivity contribution in [3.63, 3.8) is 0 Å². The summed E-state index contributed by atoms with van der Waals surface area (Å²) < 4.78 is 36.7. The number of amides is 1. The fourth-order valence-electron chi connectivity index (χ4n) is 7.24. The van der Waals surface area contributed by atoms with E-state index in [1.165, 1.54) is 0 Å². The number of halogens is 1. The number of anilines is 1. The summed E-state index contributed by atoms with van der Waals surface area (Å²) in [5.74, 6) is -0.153. The molecular formula is C39H41ClN4O6S. The minimum Gasteiger partial charge on any atom is -0.508 e. The molecule has 0 spiro atoms. The number of carbonyl (C=O) groups excluding carboxylic acids is 1. The third-order valence-corrected chi connectivity index (χ3v) is 10.5. The van der Waals surface area contributed by atoms with Gasteiger partial charge in [-0.05, 0) is 53.6 Å². The van der Waals surface area contributed by atoms with Crippen molar-refractivity contribution >= 4 is 44.2 Å². The van der Waals surface area contributed by atoms with Gasteiger partial charge in [-0.25, -0.2) is 0 Å². The number of aromatic nitrogens is 1. The van der Waals surface area contributed by atoms with E-state index in [4.69, 9.17) is 20.5 Å². The minimum atomic E-state index is -3.72. The van der Waals surface area contributed by atoms with Crippen LogP contribution < -0.4 is 9.08 Å². The maximum Gasteiger partial charge on any atom is 0.306 e. The molecule has 10 nitrogen and oxygen atoms in total. The van der Waals surface area contributed by atoms with Crippen LogP contribution in [0, 0.1) is 0 Å². The summed E-state index contributed by atoms with van der Waals surface area (Å²) in [6, 6.07) is 29.9. The minimum absolute atomic E-state index is 0.0530. The monoisotopic (exact) mass is 728 g/mol. The van der Waals surface area contributed by atoms with Crippen molar-refractivity contribution in [3.05, 3.63) is 124 Å². The first-order chi connectivity index (χ1) is 24.7. The zero-order chi connectivity index (χ0) is 35.5. The maximum absolute atomic E-state index is 15.1. The lowest BCUT2D eigenvalue weighted by Gasteiger charge is -2.37. The van der Waals surface area contributed by atoms with Crippen LogP contribution in [-0.2, 0) is 21.4 Å². The Morgan fingerprint density at radius 3 is 2.12 bits per heavy atom. The number of piperazine rings is 1. The van der Waals surface area contributed by atoms with Gasteiger partial charge in [-0.3, -0.25) is 9.69 Å². The quantitative estimate of drug-likeness (QED) is 0.180. The molecule has 2 saturated heterocycles. The van der Waals surface area contributed by atoms with E-state index in [2.05, 4.69) is 26.5 Å². The molecule has 1 aromatic heterocycles. The van der Waals surface area contributed by atoms with Crippen LogP contribution in [0.15, 0.2) is 97.1 Å². The molecule has 1 unspecified atom stereocenters. The Labute approximate surface area is 303 Å². The number of aromatic hydroxyl groups is 1. The number of benzene rings is 4. The molecule has 4 aromatic carbocycles. The molecule has 7 rings (SSSR count). The van der Waals surface area contributed by atoms with E-state index >= 15 is 4.79 Å². The van der Waals surface area contributed by atoms with E-state index in [0.29, 0.717) is 56.7 Å². The normalized spacial score (nSPS) is 16.4. The van der Waals surface area contributed by atoms with E-state index in [9.17, 15) is 13.5 Å². The van der Waals surface area contributed by atoms with Crippen LogP contribution in [0.5, 0.6) is 11.5 Å². The number of fused-ring (bicyclic) bond motifs is 1. The van der Waals surface area contributed by atoms with Gasteiger partial charge in [0, 0.05) is 74.7 Å². The third-order valence-electron chi connectivity index (χ3n) is 9.69. The summed E-state index contributed by atoms with van der Waals surface area (Å²) >= 11 is 6.55. The van der Waals surface area contributed by atoms with Crippen LogP contribution in [0.3, 0.4) is 0 Å². The fourth-order valence-corrected chi connectivity index (χ4v) is 7.96. The number of para-hydroxylation sites is 2. The number of rotatable bonds is 10. The summed E-state index contributed by atoms with van der Waals surface area (Å²) in [6.45, 7) is 6.71. The van der Waals surface area contributed by atoms with Gasteiger partial charge in [-0.15, -0.1) is 0 Å². The van der Waals surface area contributed by atoms with Crippen molar-refractivity contribution in [2.24, 2.45) is 0 Å². The number of carbonyl (C=O) groups is 1. The summed E-state index contributed by atoms with van der Waals surface area (Å²) in [6.07, 6.45) is 1.01. The highest BCUT2D eigenvalue weighted by atomic mass is 35.5. The number of morpholine rings is 1. The molecule has 0 saturated carbocycles. The van der Waals surface area contributed by atoms with Gasteiger partial charge in [-0.2, -0.15) is 8.42 Å². The van der Waals surface area contributed by atoms with E-state index in [1.54, 1.807) is 24.3 Å². The standard InChI is InChI=1S/C39H41ClN4O6S/c1-51(47,48)50-31-16-12-29(13-17-31)36(28-10-14-30(45)15-11-28)37-32-6-2-4-8-34(32)44(23-18-41-24-26-49-27-25-41)38(37)39(46)43-21-19-42(20-22-43)35-9-5-3-7-33(35)40/h2-17,36,45H,18-27H2,1H3. The first-order valence-corrected chi connectivity index (χ1v) is 19.3. The second kappa shape index (κ2) is 15.0. The predicted molar refractivity (Wildman–Crippen MR) is 200 cm³/mol. The molecule has 0 radical (unpaired) electrons. The van der Waals surface area contributed by atoms with Crippen LogP contribution >= 0.6 is 11.6 Å². The SMILES string of the molecule is CS(=O)(=O)Oc1ccc(C(c2ccc(O)cc2)c2c(C(=O)N3CCN(c4ccccc4Cl)CC3)n(CCN3CCOCC3)c3ccccc23)cc1. The Morgan fingerprint density at radius 1 is 0.824 bits per heavy atom. The van der Waals surface area contributed by atoms with Crippen molar-refractivity contribution in [2.45, 2.75) is 12.5 Å². The number of ether oxygens (including phenoxy) is 1. The van der Waals surface area contributed by atoms with Gasteiger partial charge in [0.2, 0.25) is 0 Å². The van der Waals surface area contributed by atoms with Crippen LogP contribution in [-0.4, -0.2) is 99.1 Å². The van der Waals surface area contributed by atoms with Gasteiger partial charge < -0.3 is 28.4 Å². The second-order valence-electron chi connectivity index (χ2n) is 13.0. The topological polar surface area (TPSA) is 105 Å². The average Bonchev–Trinajstić information content (AvgIpc) is 3.46. The zero-order valence-corrected chi connectivity index (χ0v) is 30.0. The van der Waals surface area contributed by atoms with Crippen LogP contribution in [0.1, 0.15) is 33.1 Å². The molecule has 1 N–H and O–H groups in total.